The molecule has 4 aromatic rings. The number of fused-ring (bicyclic) bond motifs is 2. The lowest BCUT2D eigenvalue weighted by Crippen LogP contribution is -2.27. The van der Waals surface area contributed by atoms with E-state index in [1.165, 1.54) is 25.1 Å². The number of carbonyl (C=O) groups excluding carboxylic acids is 1. The molecule has 0 fully saturated rings. The molecule has 26 heavy (non-hydrogen) atoms. The van der Waals surface area contributed by atoms with Crippen LogP contribution in [-0.2, 0) is 4.74 Å². The molecule has 0 saturated carbocycles. The zero-order valence-corrected chi connectivity index (χ0v) is 14.8. The first-order chi connectivity index (χ1) is 12.7. The fraction of sp³-hybridized carbons (Fsp3) is 0.0476. The van der Waals surface area contributed by atoms with Gasteiger partial charge in [-0.05, 0) is 39.4 Å². The number of rotatable bonds is 3. The van der Waals surface area contributed by atoms with Crippen LogP contribution in [0.1, 0.15) is 10.4 Å². The van der Waals surface area contributed by atoms with E-state index in [1.807, 2.05) is 54.6 Å². The van der Waals surface area contributed by atoms with E-state index in [9.17, 15) is 10.0 Å². The van der Waals surface area contributed by atoms with Gasteiger partial charge >= 0.3 is 5.97 Å². The van der Waals surface area contributed by atoms with Gasteiger partial charge in [0.05, 0.1) is 12.7 Å². The Morgan fingerprint density at radius 3 is 1.96 bits per heavy atom. The Kier molecular flexibility index (Phi) is 4.22. The molecular weight excluding hydrogens is 346 g/mol. The van der Waals surface area contributed by atoms with E-state index in [0.29, 0.717) is 10.6 Å². The smallest absolute Gasteiger partial charge is 0.339 e. The Bertz CT molecular complexity index is 1080. The zero-order chi connectivity index (χ0) is 18.1. The third-order valence-corrected chi connectivity index (χ3v) is 5.44. The van der Waals surface area contributed by atoms with Gasteiger partial charge in [0.25, 0.3) is 5.03 Å². The van der Waals surface area contributed by atoms with Crippen LogP contribution in [0, 0.1) is 5.21 Å². The van der Waals surface area contributed by atoms with E-state index in [1.54, 1.807) is 12.1 Å². The van der Waals surface area contributed by atoms with Crippen molar-refractivity contribution < 1.29 is 14.3 Å². The molecule has 0 saturated heterocycles. The third kappa shape index (κ3) is 2.66. The monoisotopic (exact) mass is 361 g/mol. The summed E-state index contributed by atoms with van der Waals surface area (Å²) in [4.78, 5) is 13.4. The fourth-order valence-corrected chi connectivity index (χ4v) is 4.20. The summed E-state index contributed by atoms with van der Waals surface area (Å²) in [6.07, 6.45) is 1.48. The van der Waals surface area contributed by atoms with Gasteiger partial charge in [-0.1, -0.05) is 48.5 Å². The number of pyridine rings is 1. The Morgan fingerprint density at radius 1 is 0.885 bits per heavy atom. The minimum absolute atomic E-state index is 0.368. The van der Waals surface area contributed by atoms with Crippen molar-refractivity contribution in [2.45, 2.75) is 9.92 Å². The first-order valence-corrected chi connectivity index (χ1v) is 8.90. The van der Waals surface area contributed by atoms with Crippen molar-refractivity contribution >= 4 is 39.3 Å². The van der Waals surface area contributed by atoms with E-state index >= 15 is 0 Å². The van der Waals surface area contributed by atoms with E-state index in [4.69, 9.17) is 4.74 Å². The number of hydrogen-bond acceptors (Lipinski definition) is 4. The van der Waals surface area contributed by atoms with Crippen LogP contribution < -0.4 is 4.73 Å². The molecule has 0 aliphatic rings. The molecular formula is C21H15NO3S. The second-order valence-electron chi connectivity index (χ2n) is 5.75. The maximum atomic E-state index is 12.5. The molecule has 128 valence electrons. The molecule has 0 amide bonds. The van der Waals surface area contributed by atoms with Crippen LogP contribution in [0.2, 0.25) is 0 Å². The molecule has 0 radical (unpaired) electrons. The standard InChI is InChI=1S/C21H15NO3S/c1-25-21(23)19-14-8-2-4-10-16(14)20(17-11-5-3-9-15(17)19)26-18-12-6-7-13-22(18)24/h2-13H,1H3. The number of ether oxygens (including phenoxy) is 1. The Hall–Kier alpha value is -3.05. The van der Waals surface area contributed by atoms with Gasteiger partial charge < -0.3 is 9.94 Å². The van der Waals surface area contributed by atoms with Gasteiger partial charge in [-0.25, -0.2) is 4.79 Å². The van der Waals surface area contributed by atoms with Crippen LogP contribution in [0.25, 0.3) is 21.5 Å². The quantitative estimate of drug-likeness (QED) is 0.232. The highest BCUT2D eigenvalue weighted by molar-refractivity contribution is 7.99. The van der Waals surface area contributed by atoms with Gasteiger partial charge in [0, 0.05) is 17.0 Å². The molecule has 0 atom stereocenters. The average molecular weight is 361 g/mol. The van der Waals surface area contributed by atoms with Crippen LogP contribution in [-0.4, -0.2) is 13.1 Å². The highest BCUT2D eigenvalue weighted by atomic mass is 32.2. The van der Waals surface area contributed by atoms with E-state index < -0.39 is 0 Å². The molecule has 1 aromatic heterocycles. The van der Waals surface area contributed by atoms with Gasteiger partial charge in [-0.3, -0.25) is 0 Å². The van der Waals surface area contributed by atoms with Crippen molar-refractivity contribution in [1.82, 2.24) is 0 Å². The van der Waals surface area contributed by atoms with Gasteiger partial charge in [0.15, 0.2) is 6.20 Å². The first-order valence-electron chi connectivity index (χ1n) is 8.08. The molecule has 4 nitrogen and oxygen atoms in total. The molecule has 0 aliphatic carbocycles. The van der Waals surface area contributed by atoms with Gasteiger partial charge in [0.1, 0.15) is 0 Å². The van der Waals surface area contributed by atoms with Gasteiger partial charge in [0.2, 0.25) is 0 Å². The predicted octanol–water partition coefficient (Wildman–Crippen LogP) is 4.56. The Balaban J connectivity index is 2.09. The van der Waals surface area contributed by atoms with E-state index in [0.717, 1.165) is 31.2 Å². The summed E-state index contributed by atoms with van der Waals surface area (Å²) >= 11 is 1.40. The van der Waals surface area contributed by atoms with Gasteiger partial charge in [-0.15, -0.1) is 0 Å². The lowest BCUT2D eigenvalue weighted by Gasteiger charge is -2.14. The highest BCUT2D eigenvalue weighted by Crippen LogP contribution is 2.41. The van der Waals surface area contributed by atoms with Gasteiger partial charge in [-0.2, -0.15) is 4.73 Å². The second kappa shape index (κ2) is 6.69. The zero-order valence-electron chi connectivity index (χ0n) is 14.0. The normalized spacial score (nSPS) is 11.0. The second-order valence-corrected chi connectivity index (χ2v) is 6.78. The molecule has 0 unspecified atom stereocenters. The predicted molar refractivity (Wildman–Crippen MR) is 102 cm³/mol. The van der Waals surface area contributed by atoms with Crippen molar-refractivity contribution in [3.05, 3.63) is 83.7 Å². The number of methoxy groups -OCH3 is 1. The summed E-state index contributed by atoms with van der Waals surface area (Å²) in [5.41, 5.74) is 0.547. The number of hydrogen-bond donors (Lipinski definition) is 0. The Labute approximate surface area is 154 Å². The highest BCUT2D eigenvalue weighted by Gasteiger charge is 2.21. The summed E-state index contributed by atoms with van der Waals surface area (Å²) in [5.74, 6) is -0.368. The van der Waals surface area contributed by atoms with E-state index in [-0.39, 0.29) is 5.97 Å². The van der Waals surface area contributed by atoms with Crippen molar-refractivity contribution in [2.24, 2.45) is 0 Å². The van der Waals surface area contributed by atoms with Crippen LogP contribution in [0.3, 0.4) is 0 Å². The molecule has 1 heterocycles. The average Bonchev–Trinajstić information content (AvgIpc) is 2.69. The third-order valence-electron chi connectivity index (χ3n) is 4.27. The fourth-order valence-electron chi connectivity index (χ4n) is 3.12. The molecule has 0 bridgehead atoms. The van der Waals surface area contributed by atoms with Crippen LogP contribution in [0.15, 0.2) is 82.8 Å². The minimum Gasteiger partial charge on any atom is -0.618 e. The minimum atomic E-state index is -0.368. The molecule has 0 N–H and O–H groups in total. The van der Waals surface area contributed by atoms with Crippen LogP contribution in [0.5, 0.6) is 0 Å². The number of carbonyl (C=O) groups is 1. The summed E-state index contributed by atoms with van der Waals surface area (Å²) in [7, 11) is 1.39. The SMILES string of the molecule is COC(=O)c1c2ccccc2c(Sc2cccc[n+]2[O-])c2ccccc12. The van der Waals surface area contributed by atoms with Crippen molar-refractivity contribution in [3.63, 3.8) is 0 Å². The summed E-state index contributed by atoms with van der Waals surface area (Å²) < 4.78 is 5.88. The largest absolute Gasteiger partial charge is 0.618 e. The molecule has 0 aliphatic heterocycles. The maximum Gasteiger partial charge on any atom is 0.339 e. The lowest BCUT2D eigenvalue weighted by molar-refractivity contribution is -0.645. The molecule has 4 rings (SSSR count). The van der Waals surface area contributed by atoms with Crippen LogP contribution in [0.4, 0.5) is 0 Å². The maximum absolute atomic E-state index is 12.5. The van der Waals surface area contributed by atoms with Crippen molar-refractivity contribution in [2.75, 3.05) is 7.11 Å². The number of nitrogens with zero attached hydrogens (tertiary/aromatic N) is 1. The molecule has 0 spiro atoms. The lowest BCUT2D eigenvalue weighted by atomic mass is 9.96. The number of benzene rings is 3. The molecule has 5 heteroatoms. The topological polar surface area (TPSA) is 53.2 Å². The number of aromatic nitrogens is 1. The van der Waals surface area contributed by atoms with E-state index in [2.05, 4.69) is 0 Å². The van der Waals surface area contributed by atoms with Crippen LogP contribution >= 0.6 is 11.8 Å². The van der Waals surface area contributed by atoms with Crippen molar-refractivity contribution in [1.29, 1.82) is 0 Å². The summed E-state index contributed by atoms with van der Waals surface area (Å²) in [5, 5.41) is 16.2. The Morgan fingerprint density at radius 2 is 1.42 bits per heavy atom. The summed E-state index contributed by atoms with van der Waals surface area (Å²) in [6.45, 7) is 0. The summed E-state index contributed by atoms with van der Waals surface area (Å²) in [6, 6.07) is 20.7. The van der Waals surface area contributed by atoms with Crippen molar-refractivity contribution in [3.8, 4) is 0 Å². The molecule has 3 aromatic carbocycles. The number of esters is 1. The first kappa shape index (κ1) is 16.4.